The highest BCUT2D eigenvalue weighted by Crippen LogP contribution is 2.30. The van der Waals surface area contributed by atoms with Gasteiger partial charge >= 0.3 is 6.18 Å². The predicted molar refractivity (Wildman–Crippen MR) is 107 cm³/mol. The fraction of sp³-hybridized carbons (Fsp3) is 0.350. The largest absolute Gasteiger partial charge is 0.433 e. The number of aliphatic imine (C=N–C) groups is 1. The quantitative estimate of drug-likeness (QED) is 0.539. The van der Waals surface area contributed by atoms with Gasteiger partial charge in [0.05, 0.1) is 23.6 Å². The molecule has 1 fully saturated rings. The molecule has 1 atom stereocenters. The maximum absolute atomic E-state index is 13.0. The van der Waals surface area contributed by atoms with Crippen molar-refractivity contribution in [2.24, 2.45) is 4.99 Å². The minimum absolute atomic E-state index is 0.0562. The predicted octanol–water partition coefficient (Wildman–Crippen LogP) is 3.70. The Balaban J connectivity index is 2.38. The first-order chi connectivity index (χ1) is 14.2. The van der Waals surface area contributed by atoms with Crippen LogP contribution in [0.2, 0.25) is 0 Å². The third-order valence-corrected chi connectivity index (χ3v) is 4.13. The van der Waals surface area contributed by atoms with Crippen molar-refractivity contribution in [2.75, 3.05) is 18.0 Å². The van der Waals surface area contributed by atoms with Gasteiger partial charge in [-0.15, -0.1) is 0 Å². The molecule has 1 saturated heterocycles. The Morgan fingerprint density at radius 1 is 1.47 bits per heavy atom. The Labute approximate surface area is 172 Å². The van der Waals surface area contributed by atoms with E-state index >= 15 is 0 Å². The fourth-order valence-electron chi connectivity index (χ4n) is 2.80. The van der Waals surface area contributed by atoms with Crippen molar-refractivity contribution in [3.63, 3.8) is 0 Å². The number of aromatic nitrogens is 1. The first-order valence-electron chi connectivity index (χ1n) is 9.26. The summed E-state index contributed by atoms with van der Waals surface area (Å²) in [4.78, 5) is 21.1. The number of hydrogen-bond donors (Lipinski definition) is 2. The lowest BCUT2D eigenvalue weighted by Crippen LogP contribution is -2.56. The number of anilines is 1. The van der Waals surface area contributed by atoms with E-state index in [1.165, 1.54) is 6.07 Å². The summed E-state index contributed by atoms with van der Waals surface area (Å²) in [6, 6.07) is 1.85. The monoisotopic (exact) mass is 425 g/mol. The third-order valence-electron chi connectivity index (χ3n) is 4.13. The molecule has 0 aromatic carbocycles. The lowest BCUT2D eigenvalue weighted by Gasteiger charge is -2.38. The van der Waals surface area contributed by atoms with E-state index in [0.717, 1.165) is 12.3 Å². The average Bonchev–Trinajstić information content (AvgIpc) is 2.70. The van der Waals surface area contributed by atoms with Crippen LogP contribution in [-0.2, 0) is 11.0 Å². The summed E-state index contributed by atoms with van der Waals surface area (Å²) in [6.45, 7) is 7.00. The van der Waals surface area contributed by atoms with Crippen LogP contribution in [0.15, 0.2) is 59.8 Å². The lowest BCUT2D eigenvalue weighted by molar-refractivity contribution is -0.141. The number of amides is 1. The Hall–Kier alpha value is -3.17. The molecule has 1 aliphatic heterocycles. The number of alkyl halides is 3. The minimum atomic E-state index is -4.54. The molecule has 1 aromatic heterocycles. The maximum atomic E-state index is 13.0. The first kappa shape index (κ1) is 23.1. The molecule has 1 aliphatic rings. The van der Waals surface area contributed by atoms with Gasteiger partial charge in [0, 0.05) is 19.3 Å². The van der Waals surface area contributed by atoms with E-state index in [1.54, 1.807) is 24.1 Å². The van der Waals surface area contributed by atoms with Gasteiger partial charge in [0.1, 0.15) is 11.5 Å². The molecule has 162 valence electrons. The van der Waals surface area contributed by atoms with Crippen LogP contribution in [0.25, 0.3) is 0 Å². The molecule has 0 bridgehead atoms. The van der Waals surface area contributed by atoms with Gasteiger partial charge in [-0.05, 0) is 25.5 Å². The standard InChI is InChI=1S/C20H23F4N5O/c1-4-6-16-18(25-9-5-2)28-14(10-27-19(30)13(3)21)12-29(16)15-7-8-17(26-11-15)20(22,23)24/h5-9,11,14H,3-4,10,12H2,1-2H3,(H,25,28)(H,27,30)/b9-5-,16-6-. The highest BCUT2D eigenvalue weighted by atomic mass is 19.4. The Morgan fingerprint density at radius 3 is 2.73 bits per heavy atom. The molecule has 2 heterocycles. The molecule has 30 heavy (non-hydrogen) atoms. The molecule has 2 rings (SSSR count). The molecule has 1 unspecified atom stereocenters. The molecule has 0 aliphatic carbocycles. The zero-order valence-electron chi connectivity index (χ0n) is 16.6. The smallest absolute Gasteiger partial charge is 0.362 e. The van der Waals surface area contributed by atoms with Gasteiger partial charge in [0.2, 0.25) is 0 Å². The highest BCUT2D eigenvalue weighted by Gasteiger charge is 2.33. The molecule has 6 nitrogen and oxygen atoms in total. The van der Waals surface area contributed by atoms with Gasteiger partial charge in [0.15, 0.2) is 5.83 Å². The molecule has 1 aromatic rings. The Morgan fingerprint density at radius 2 is 2.20 bits per heavy atom. The Kier molecular flexibility index (Phi) is 7.73. The van der Waals surface area contributed by atoms with Crippen molar-refractivity contribution >= 4 is 17.4 Å². The number of rotatable bonds is 6. The van der Waals surface area contributed by atoms with Crippen molar-refractivity contribution in [2.45, 2.75) is 32.5 Å². The third kappa shape index (κ3) is 5.91. The van der Waals surface area contributed by atoms with E-state index in [1.807, 2.05) is 13.0 Å². The van der Waals surface area contributed by atoms with Crippen LogP contribution in [0.4, 0.5) is 23.2 Å². The second-order valence-corrected chi connectivity index (χ2v) is 6.42. The van der Waals surface area contributed by atoms with Crippen LogP contribution in [0, 0.1) is 0 Å². The summed E-state index contributed by atoms with van der Waals surface area (Å²) in [5.74, 6) is -1.57. The number of hydrogen-bond acceptors (Lipinski definition) is 4. The number of pyridine rings is 1. The second-order valence-electron chi connectivity index (χ2n) is 6.42. The van der Waals surface area contributed by atoms with E-state index in [-0.39, 0.29) is 13.1 Å². The number of piperazine rings is 1. The van der Waals surface area contributed by atoms with Gasteiger partial charge < -0.3 is 15.5 Å². The zero-order valence-corrected chi connectivity index (χ0v) is 16.6. The highest BCUT2D eigenvalue weighted by molar-refractivity contribution is 6.03. The van der Waals surface area contributed by atoms with Gasteiger partial charge in [-0.1, -0.05) is 25.7 Å². The molecule has 10 heteroatoms. The number of allylic oxidation sites excluding steroid dienone is 2. The maximum Gasteiger partial charge on any atom is 0.433 e. The number of amidine groups is 1. The van der Waals surface area contributed by atoms with E-state index in [2.05, 4.69) is 27.2 Å². The van der Waals surface area contributed by atoms with Crippen LogP contribution in [0.1, 0.15) is 26.0 Å². The summed E-state index contributed by atoms with van der Waals surface area (Å²) >= 11 is 0. The van der Waals surface area contributed by atoms with E-state index in [0.29, 0.717) is 23.6 Å². The van der Waals surface area contributed by atoms with E-state index in [4.69, 9.17) is 0 Å². The number of halogens is 4. The molecule has 1 amide bonds. The summed E-state index contributed by atoms with van der Waals surface area (Å²) in [5.41, 5.74) is 0.105. The zero-order chi connectivity index (χ0) is 22.3. The van der Waals surface area contributed by atoms with Crippen LogP contribution >= 0.6 is 0 Å². The van der Waals surface area contributed by atoms with Gasteiger partial charge in [-0.3, -0.25) is 4.79 Å². The minimum Gasteiger partial charge on any atom is -0.362 e. The number of carbonyl (C=O) groups excluding carboxylic acids is 1. The van der Waals surface area contributed by atoms with Gasteiger partial charge in [0.25, 0.3) is 5.91 Å². The van der Waals surface area contributed by atoms with E-state index < -0.39 is 29.6 Å². The first-order valence-corrected chi connectivity index (χ1v) is 9.26. The Bertz CT molecular complexity index is 859. The number of nitrogens with zero attached hydrogens (tertiary/aromatic N) is 3. The summed E-state index contributed by atoms with van der Waals surface area (Å²) in [6.07, 6.45) is 2.43. The van der Waals surface area contributed by atoms with Gasteiger partial charge in [-0.25, -0.2) is 14.4 Å². The molecule has 2 N–H and O–H groups in total. The molecule has 0 spiro atoms. The van der Waals surface area contributed by atoms with Gasteiger partial charge in [-0.2, -0.15) is 13.2 Å². The van der Waals surface area contributed by atoms with Crippen LogP contribution in [0.5, 0.6) is 0 Å². The van der Waals surface area contributed by atoms with Crippen molar-refractivity contribution in [3.05, 3.63) is 60.5 Å². The topological polar surface area (TPSA) is 69.6 Å². The normalized spacial score (nSPS) is 19.9. The van der Waals surface area contributed by atoms with Crippen LogP contribution < -0.4 is 15.5 Å². The van der Waals surface area contributed by atoms with E-state index in [9.17, 15) is 22.4 Å². The van der Waals surface area contributed by atoms with Crippen LogP contribution in [0.3, 0.4) is 0 Å². The summed E-state index contributed by atoms with van der Waals surface area (Å²) in [7, 11) is 0. The molecule has 0 radical (unpaired) electrons. The fourth-order valence-corrected chi connectivity index (χ4v) is 2.80. The number of carbonyl (C=O) groups is 1. The summed E-state index contributed by atoms with van der Waals surface area (Å²) < 4.78 is 51.5. The number of nitrogens with one attached hydrogen (secondary N) is 2. The second kappa shape index (κ2) is 10.0. The summed E-state index contributed by atoms with van der Waals surface area (Å²) in [5, 5.41) is 5.59. The average molecular weight is 425 g/mol. The molecular formula is C20H23F4N5O. The van der Waals surface area contributed by atoms with Crippen molar-refractivity contribution in [1.82, 2.24) is 15.6 Å². The van der Waals surface area contributed by atoms with Crippen molar-refractivity contribution in [1.29, 1.82) is 0 Å². The lowest BCUT2D eigenvalue weighted by atomic mass is 10.1. The molecular weight excluding hydrogens is 402 g/mol. The molecule has 0 saturated carbocycles. The van der Waals surface area contributed by atoms with Crippen molar-refractivity contribution in [3.8, 4) is 0 Å². The SMILES string of the molecule is C=C(F)C(=O)NCC1CN(c2ccc(C(F)(F)F)nc2)C(=C\CC)/C(=N\C=C/C)N1. The van der Waals surface area contributed by atoms with Crippen LogP contribution in [-0.4, -0.2) is 35.9 Å². The van der Waals surface area contributed by atoms with Crippen molar-refractivity contribution < 1.29 is 22.4 Å².